The van der Waals surface area contributed by atoms with E-state index in [2.05, 4.69) is 0 Å². The summed E-state index contributed by atoms with van der Waals surface area (Å²) in [6.07, 6.45) is -4.46. The Balaban J connectivity index is 1.68. The van der Waals surface area contributed by atoms with Crippen LogP contribution in [0.2, 0.25) is 0 Å². The summed E-state index contributed by atoms with van der Waals surface area (Å²) in [4.78, 5) is 4.72. The van der Waals surface area contributed by atoms with Gasteiger partial charge in [0.1, 0.15) is 12.6 Å². The molecule has 4 aromatic rings. The quantitative estimate of drug-likeness (QED) is 0.326. The summed E-state index contributed by atoms with van der Waals surface area (Å²) in [6.45, 7) is 0.295. The third-order valence-corrected chi connectivity index (χ3v) is 8.16. The van der Waals surface area contributed by atoms with E-state index in [9.17, 15) is 13.2 Å². The number of ether oxygens (including phenoxy) is 1. The molecule has 0 aliphatic carbocycles. The zero-order valence-electron chi connectivity index (χ0n) is 18.1. The van der Waals surface area contributed by atoms with Gasteiger partial charge in [-0.2, -0.15) is 13.2 Å². The molecular formula is C28H21F3NOP. The minimum Gasteiger partial charge on any atom is -0.475 e. The van der Waals surface area contributed by atoms with Crippen LogP contribution in [0, 0.1) is 0 Å². The second-order valence-corrected chi connectivity index (χ2v) is 10.1. The van der Waals surface area contributed by atoms with Crippen LogP contribution in [0.25, 0.3) is 0 Å². The third kappa shape index (κ3) is 4.62. The third-order valence-electron chi connectivity index (χ3n) is 5.66. The lowest BCUT2D eigenvalue weighted by atomic mass is 10.1. The molecular weight excluding hydrogens is 454 g/mol. The maximum absolute atomic E-state index is 13.7. The van der Waals surface area contributed by atoms with Gasteiger partial charge in [0.25, 0.3) is 0 Å². The highest BCUT2D eigenvalue weighted by atomic mass is 31.1. The molecule has 6 heteroatoms. The van der Waals surface area contributed by atoms with Gasteiger partial charge in [-0.25, -0.2) is 4.99 Å². The summed E-state index contributed by atoms with van der Waals surface area (Å²) in [7, 11) is -1.13. The van der Waals surface area contributed by atoms with Crippen molar-refractivity contribution in [2.24, 2.45) is 4.99 Å². The number of benzene rings is 4. The Kier molecular flexibility index (Phi) is 6.21. The van der Waals surface area contributed by atoms with Gasteiger partial charge in [0.05, 0.1) is 5.56 Å². The second-order valence-electron chi connectivity index (χ2n) is 7.91. The summed E-state index contributed by atoms with van der Waals surface area (Å²) in [6, 6.07) is 33.1. The Bertz CT molecular complexity index is 1250. The van der Waals surface area contributed by atoms with Gasteiger partial charge in [-0.05, 0) is 41.5 Å². The molecule has 1 aliphatic heterocycles. The van der Waals surface area contributed by atoms with E-state index in [1.54, 1.807) is 6.07 Å². The Hall–Kier alpha value is -3.43. The molecule has 5 rings (SSSR count). The monoisotopic (exact) mass is 475 g/mol. The summed E-state index contributed by atoms with van der Waals surface area (Å²) in [5, 5.41) is 2.87. The van der Waals surface area contributed by atoms with Gasteiger partial charge in [0, 0.05) is 5.56 Å². The van der Waals surface area contributed by atoms with Crippen LogP contribution in [0.3, 0.4) is 0 Å². The van der Waals surface area contributed by atoms with Gasteiger partial charge >= 0.3 is 6.18 Å². The first-order valence-electron chi connectivity index (χ1n) is 10.9. The van der Waals surface area contributed by atoms with Crippen molar-refractivity contribution < 1.29 is 17.9 Å². The highest BCUT2D eigenvalue weighted by Crippen LogP contribution is 2.38. The van der Waals surface area contributed by atoms with Crippen LogP contribution < -0.4 is 15.9 Å². The first-order chi connectivity index (χ1) is 16.5. The van der Waals surface area contributed by atoms with Crippen molar-refractivity contribution in [2.75, 3.05) is 6.61 Å². The molecule has 1 heterocycles. The fourth-order valence-corrected chi connectivity index (χ4v) is 6.45. The second kappa shape index (κ2) is 9.44. The Morgan fingerprint density at radius 2 is 1.29 bits per heavy atom. The highest BCUT2D eigenvalue weighted by molar-refractivity contribution is 7.80. The number of alkyl halides is 3. The van der Waals surface area contributed by atoms with Gasteiger partial charge in [0.15, 0.2) is 0 Å². The maximum Gasteiger partial charge on any atom is 0.416 e. The lowest BCUT2D eigenvalue weighted by molar-refractivity contribution is -0.137. The first kappa shape index (κ1) is 22.4. The van der Waals surface area contributed by atoms with Crippen molar-refractivity contribution in [2.45, 2.75) is 12.2 Å². The van der Waals surface area contributed by atoms with Crippen molar-refractivity contribution in [3.05, 3.63) is 126 Å². The molecule has 170 valence electrons. The molecule has 1 aliphatic rings. The zero-order valence-corrected chi connectivity index (χ0v) is 19.0. The number of hydrogen-bond acceptors (Lipinski definition) is 2. The van der Waals surface area contributed by atoms with Gasteiger partial charge in [-0.15, -0.1) is 0 Å². The SMILES string of the molecule is FC(F)(F)c1ccc(P(c2ccccc2)c2ccccc2)c(C2=N[C@@H](c3ccccc3)CO2)c1. The average Bonchev–Trinajstić information content (AvgIpc) is 3.36. The Morgan fingerprint density at radius 3 is 1.85 bits per heavy atom. The molecule has 0 radical (unpaired) electrons. The molecule has 0 saturated heterocycles. The minimum atomic E-state index is -4.46. The summed E-state index contributed by atoms with van der Waals surface area (Å²) in [5.41, 5.74) is 0.656. The number of hydrogen-bond donors (Lipinski definition) is 0. The van der Waals surface area contributed by atoms with Crippen LogP contribution in [-0.4, -0.2) is 12.5 Å². The largest absolute Gasteiger partial charge is 0.475 e. The van der Waals surface area contributed by atoms with E-state index in [0.717, 1.165) is 27.5 Å². The number of aliphatic imine (C=N–C) groups is 1. The standard InChI is InChI=1S/C28H21F3NOP/c29-28(30,31)21-16-17-26(34(22-12-6-2-7-13-22)23-14-8-3-9-15-23)24(18-21)27-32-25(19-33-27)20-10-4-1-5-11-20/h1-18,25H,19H2/t25-/m1/s1. The normalized spacial score (nSPS) is 15.8. The average molecular weight is 475 g/mol. The molecule has 2 nitrogen and oxygen atoms in total. The summed E-state index contributed by atoms with van der Waals surface area (Å²) >= 11 is 0. The van der Waals surface area contributed by atoms with Crippen molar-refractivity contribution in [1.29, 1.82) is 0 Å². The van der Waals surface area contributed by atoms with E-state index in [-0.39, 0.29) is 11.9 Å². The molecule has 0 bridgehead atoms. The van der Waals surface area contributed by atoms with Crippen molar-refractivity contribution >= 4 is 29.7 Å². The Morgan fingerprint density at radius 1 is 0.735 bits per heavy atom. The van der Waals surface area contributed by atoms with Gasteiger partial charge in [-0.3, -0.25) is 0 Å². The van der Waals surface area contributed by atoms with Gasteiger partial charge in [0.2, 0.25) is 5.90 Å². The van der Waals surface area contributed by atoms with Crippen molar-refractivity contribution in [3.63, 3.8) is 0 Å². The lowest BCUT2D eigenvalue weighted by Crippen LogP contribution is -2.26. The van der Waals surface area contributed by atoms with E-state index < -0.39 is 19.7 Å². The summed E-state index contributed by atoms with van der Waals surface area (Å²) in [5.74, 6) is 0.259. The highest BCUT2D eigenvalue weighted by Gasteiger charge is 2.34. The molecule has 0 spiro atoms. The van der Waals surface area contributed by atoms with Crippen molar-refractivity contribution in [3.8, 4) is 0 Å². The minimum absolute atomic E-state index is 0.252. The van der Waals surface area contributed by atoms with Crippen LogP contribution in [0.5, 0.6) is 0 Å². The zero-order chi connectivity index (χ0) is 23.5. The van der Waals surface area contributed by atoms with E-state index in [4.69, 9.17) is 9.73 Å². The van der Waals surface area contributed by atoms with E-state index >= 15 is 0 Å². The van der Waals surface area contributed by atoms with E-state index in [0.29, 0.717) is 12.2 Å². The van der Waals surface area contributed by atoms with Gasteiger partial charge in [-0.1, -0.05) is 97.1 Å². The lowest BCUT2D eigenvalue weighted by Gasteiger charge is -2.23. The molecule has 0 unspecified atom stereocenters. The van der Waals surface area contributed by atoms with Crippen LogP contribution in [-0.2, 0) is 10.9 Å². The number of halogens is 3. The topological polar surface area (TPSA) is 21.6 Å². The number of nitrogens with zero attached hydrogens (tertiary/aromatic N) is 1. The Labute approximate surface area is 197 Å². The smallest absolute Gasteiger partial charge is 0.416 e. The van der Waals surface area contributed by atoms with Crippen molar-refractivity contribution in [1.82, 2.24) is 0 Å². The summed E-state index contributed by atoms with van der Waals surface area (Å²) < 4.78 is 47.0. The molecule has 0 amide bonds. The molecule has 1 atom stereocenters. The number of rotatable bonds is 5. The van der Waals surface area contributed by atoms with Gasteiger partial charge < -0.3 is 4.74 Å². The molecule has 0 N–H and O–H groups in total. The molecule has 0 saturated carbocycles. The predicted octanol–water partition coefficient (Wildman–Crippen LogP) is 5.98. The van der Waals surface area contributed by atoms with E-state index in [1.807, 2.05) is 91.0 Å². The molecule has 34 heavy (non-hydrogen) atoms. The van der Waals surface area contributed by atoms with E-state index in [1.165, 1.54) is 6.07 Å². The van der Waals surface area contributed by atoms with Crippen LogP contribution in [0.15, 0.2) is 114 Å². The maximum atomic E-state index is 13.7. The van der Waals surface area contributed by atoms with Crippen LogP contribution >= 0.6 is 7.92 Å². The predicted molar refractivity (Wildman–Crippen MR) is 132 cm³/mol. The van der Waals surface area contributed by atoms with Crippen LogP contribution in [0.4, 0.5) is 13.2 Å². The molecule has 0 aromatic heterocycles. The fraction of sp³-hybridized carbons (Fsp3) is 0.107. The van der Waals surface area contributed by atoms with Crippen LogP contribution in [0.1, 0.15) is 22.7 Å². The molecule has 4 aromatic carbocycles. The fourth-order valence-electron chi connectivity index (χ4n) is 4.03. The first-order valence-corrected chi connectivity index (χ1v) is 12.2. The molecule has 0 fully saturated rings.